The Balaban J connectivity index is 1.70. The molecule has 1 unspecified atom stereocenters. The van der Waals surface area contributed by atoms with Crippen molar-refractivity contribution in [2.75, 3.05) is 19.6 Å². The molecular formula is C21H25N5O3. The smallest absolute Gasteiger partial charge is 0.298 e. The van der Waals surface area contributed by atoms with E-state index in [1.807, 2.05) is 37.3 Å². The topological polar surface area (TPSA) is 84.5 Å². The zero-order chi connectivity index (χ0) is 20.8. The van der Waals surface area contributed by atoms with Gasteiger partial charge in [0.15, 0.2) is 5.69 Å². The molecule has 0 aromatic carbocycles. The lowest BCUT2D eigenvalue weighted by molar-refractivity contribution is -0.124. The fourth-order valence-electron chi connectivity index (χ4n) is 4.16. The predicted molar refractivity (Wildman–Crippen MR) is 105 cm³/mol. The van der Waals surface area contributed by atoms with Gasteiger partial charge in [0.2, 0.25) is 0 Å². The van der Waals surface area contributed by atoms with E-state index in [2.05, 4.69) is 22.0 Å². The van der Waals surface area contributed by atoms with Gasteiger partial charge in [0.25, 0.3) is 11.8 Å². The first kappa shape index (κ1) is 19.2. The molecule has 2 aromatic rings. The largest absolute Gasteiger partial charge is 0.364 e. The Morgan fingerprint density at radius 1 is 1.28 bits per heavy atom. The van der Waals surface area contributed by atoms with Crippen LogP contribution in [0.25, 0.3) is 0 Å². The monoisotopic (exact) mass is 395 g/mol. The maximum absolute atomic E-state index is 13.2. The number of likely N-dealkylation sites (tertiary alicyclic amines) is 1. The van der Waals surface area contributed by atoms with E-state index in [1.165, 1.54) is 6.26 Å². The molecule has 0 radical (unpaired) electrons. The highest BCUT2D eigenvalue weighted by Gasteiger charge is 2.52. The number of aryl methyl sites for hydroxylation is 1. The summed E-state index contributed by atoms with van der Waals surface area (Å²) in [6, 6.07) is 1.57. The first-order chi connectivity index (χ1) is 13.7. The fraction of sp³-hybridized carbons (Fsp3) is 0.524. The van der Waals surface area contributed by atoms with Crippen LogP contribution in [0.1, 0.15) is 49.1 Å². The molecule has 29 heavy (non-hydrogen) atoms. The Bertz CT molecular complexity index is 1010. The molecule has 2 aliphatic heterocycles. The number of imidazole rings is 1. The van der Waals surface area contributed by atoms with Crippen molar-refractivity contribution in [2.45, 2.75) is 39.2 Å². The van der Waals surface area contributed by atoms with Crippen molar-refractivity contribution < 1.29 is 14.1 Å². The second kappa shape index (κ2) is 6.76. The second-order valence-electron chi connectivity index (χ2n) is 8.75. The molecule has 2 aliphatic rings. The molecular weight excluding hydrogens is 370 g/mol. The van der Waals surface area contributed by atoms with Crippen LogP contribution in [0.3, 0.4) is 0 Å². The van der Waals surface area contributed by atoms with Gasteiger partial charge in [-0.1, -0.05) is 11.1 Å². The second-order valence-corrected chi connectivity index (χ2v) is 8.75. The zero-order valence-corrected chi connectivity index (χ0v) is 17.2. The van der Waals surface area contributed by atoms with Crippen LogP contribution in [-0.2, 0) is 23.8 Å². The Hall–Kier alpha value is -3.08. The van der Waals surface area contributed by atoms with Gasteiger partial charge in [-0.2, -0.15) is 0 Å². The molecule has 1 fully saturated rings. The van der Waals surface area contributed by atoms with Crippen molar-refractivity contribution >= 4 is 11.8 Å². The third-order valence-corrected chi connectivity index (χ3v) is 5.57. The molecule has 8 nitrogen and oxygen atoms in total. The molecule has 2 amide bonds. The first-order valence-electron chi connectivity index (χ1n) is 9.76. The zero-order valence-electron chi connectivity index (χ0n) is 17.2. The van der Waals surface area contributed by atoms with Crippen LogP contribution < -0.4 is 0 Å². The molecule has 4 heterocycles. The minimum Gasteiger partial charge on any atom is -0.364 e. The van der Waals surface area contributed by atoms with Crippen molar-refractivity contribution in [2.24, 2.45) is 12.5 Å². The number of carbonyl (C=O) groups excluding carboxylic acids is 2. The van der Waals surface area contributed by atoms with Crippen molar-refractivity contribution in [3.8, 4) is 11.8 Å². The molecule has 0 saturated carbocycles. The molecule has 152 valence electrons. The maximum Gasteiger partial charge on any atom is 0.298 e. The van der Waals surface area contributed by atoms with Crippen LogP contribution in [0.2, 0.25) is 0 Å². The minimum atomic E-state index is -0.677. The average molecular weight is 395 g/mol. The van der Waals surface area contributed by atoms with Gasteiger partial charge in [0, 0.05) is 43.7 Å². The van der Waals surface area contributed by atoms with Gasteiger partial charge in [-0.3, -0.25) is 9.59 Å². The molecule has 0 aliphatic carbocycles. The van der Waals surface area contributed by atoms with E-state index < -0.39 is 5.54 Å². The Labute approximate surface area is 169 Å². The standard InChI is InChI=1S/C21H25N5O3/c1-20(2,3)8-5-17(27)25-11-9-21(13-25)18-16(24(4)14-22-18)6-10-26(21)19(28)15-7-12-29-23-15/h7,12,14H,6,9-11,13H2,1-4H3. The van der Waals surface area contributed by atoms with Crippen LogP contribution in [0.15, 0.2) is 23.2 Å². The summed E-state index contributed by atoms with van der Waals surface area (Å²) in [7, 11) is 1.96. The van der Waals surface area contributed by atoms with Crippen molar-refractivity contribution in [3.05, 3.63) is 35.7 Å². The lowest BCUT2D eigenvalue weighted by atomic mass is 9.85. The van der Waals surface area contributed by atoms with E-state index in [0.717, 1.165) is 11.4 Å². The fourth-order valence-corrected chi connectivity index (χ4v) is 4.16. The molecule has 4 rings (SSSR count). The highest BCUT2D eigenvalue weighted by atomic mass is 16.5. The minimum absolute atomic E-state index is 0.204. The quantitative estimate of drug-likeness (QED) is 0.685. The highest BCUT2D eigenvalue weighted by Crippen LogP contribution is 2.42. The van der Waals surface area contributed by atoms with Crippen LogP contribution in [-0.4, -0.2) is 56.0 Å². The van der Waals surface area contributed by atoms with Crippen molar-refractivity contribution in [3.63, 3.8) is 0 Å². The van der Waals surface area contributed by atoms with Gasteiger partial charge in [0.1, 0.15) is 11.8 Å². The summed E-state index contributed by atoms with van der Waals surface area (Å²) in [5.41, 5.74) is 1.30. The number of aromatic nitrogens is 3. The Morgan fingerprint density at radius 3 is 2.76 bits per heavy atom. The lowest BCUT2D eigenvalue weighted by Gasteiger charge is -2.43. The van der Waals surface area contributed by atoms with Gasteiger partial charge < -0.3 is 18.9 Å². The summed E-state index contributed by atoms with van der Waals surface area (Å²) in [5.74, 6) is 5.36. The normalized spacial score (nSPS) is 21.1. The van der Waals surface area contributed by atoms with Gasteiger partial charge in [-0.05, 0) is 33.1 Å². The van der Waals surface area contributed by atoms with Crippen molar-refractivity contribution in [1.29, 1.82) is 0 Å². The maximum atomic E-state index is 13.2. The molecule has 8 heteroatoms. The summed E-state index contributed by atoms with van der Waals surface area (Å²) < 4.78 is 6.87. The number of nitrogens with zero attached hydrogens (tertiary/aromatic N) is 5. The van der Waals surface area contributed by atoms with Gasteiger partial charge >= 0.3 is 0 Å². The lowest BCUT2D eigenvalue weighted by Crippen LogP contribution is -2.55. The summed E-state index contributed by atoms with van der Waals surface area (Å²) in [6.45, 7) is 7.34. The molecule has 1 saturated heterocycles. The van der Waals surface area contributed by atoms with Gasteiger partial charge in [-0.25, -0.2) is 4.98 Å². The SMILES string of the molecule is Cn1cnc2c1CCN(C(=O)c1ccon1)C21CCN(C(=O)C#CC(C)(C)C)C1. The number of rotatable bonds is 1. The van der Waals surface area contributed by atoms with Crippen LogP contribution >= 0.6 is 0 Å². The summed E-state index contributed by atoms with van der Waals surface area (Å²) in [4.78, 5) is 34.1. The first-order valence-corrected chi connectivity index (χ1v) is 9.76. The summed E-state index contributed by atoms with van der Waals surface area (Å²) in [5, 5.41) is 3.82. The molecule has 2 aromatic heterocycles. The van der Waals surface area contributed by atoms with Crippen LogP contribution in [0, 0.1) is 17.3 Å². The third-order valence-electron chi connectivity index (χ3n) is 5.57. The van der Waals surface area contributed by atoms with E-state index in [-0.39, 0.29) is 22.9 Å². The summed E-state index contributed by atoms with van der Waals surface area (Å²) in [6.07, 6.45) is 4.49. The Kier molecular flexibility index (Phi) is 4.49. The van der Waals surface area contributed by atoms with E-state index in [9.17, 15) is 9.59 Å². The molecule has 0 bridgehead atoms. The highest BCUT2D eigenvalue weighted by molar-refractivity contribution is 5.95. The van der Waals surface area contributed by atoms with Crippen LogP contribution in [0.5, 0.6) is 0 Å². The number of hydrogen-bond acceptors (Lipinski definition) is 5. The molecule has 1 atom stereocenters. The number of carbonyl (C=O) groups is 2. The van der Waals surface area contributed by atoms with Crippen molar-refractivity contribution in [1.82, 2.24) is 24.5 Å². The van der Waals surface area contributed by atoms with E-state index in [4.69, 9.17) is 4.52 Å². The third kappa shape index (κ3) is 3.31. The number of hydrogen-bond donors (Lipinski definition) is 0. The van der Waals surface area contributed by atoms with Crippen LogP contribution in [0.4, 0.5) is 0 Å². The Morgan fingerprint density at radius 2 is 2.07 bits per heavy atom. The molecule has 1 spiro atoms. The van der Waals surface area contributed by atoms with Gasteiger partial charge in [0.05, 0.1) is 18.6 Å². The number of amides is 2. The molecule has 0 N–H and O–H groups in total. The van der Waals surface area contributed by atoms with E-state index in [1.54, 1.807) is 17.3 Å². The summed E-state index contributed by atoms with van der Waals surface area (Å²) >= 11 is 0. The number of fused-ring (bicyclic) bond motifs is 2. The average Bonchev–Trinajstić information content (AvgIpc) is 3.40. The van der Waals surface area contributed by atoms with Gasteiger partial charge in [-0.15, -0.1) is 0 Å². The van der Waals surface area contributed by atoms with E-state index in [0.29, 0.717) is 32.5 Å². The van der Waals surface area contributed by atoms with E-state index >= 15 is 0 Å². The predicted octanol–water partition coefficient (Wildman–Crippen LogP) is 1.58.